The Morgan fingerprint density at radius 1 is 1.16 bits per heavy atom. The Balaban J connectivity index is 1.55. The van der Waals surface area contributed by atoms with Gasteiger partial charge in [0.15, 0.2) is 17.3 Å². The number of rotatable bonds is 8. The zero-order chi connectivity index (χ0) is 26.3. The van der Waals surface area contributed by atoms with Crippen LogP contribution >= 0.6 is 0 Å². The Morgan fingerprint density at radius 3 is 2.59 bits per heavy atom. The summed E-state index contributed by atoms with van der Waals surface area (Å²) < 4.78 is 13.8. The molecule has 0 radical (unpaired) electrons. The van der Waals surface area contributed by atoms with E-state index in [2.05, 4.69) is 36.1 Å². The van der Waals surface area contributed by atoms with Gasteiger partial charge < -0.3 is 5.32 Å². The van der Waals surface area contributed by atoms with Crippen LogP contribution in [0.4, 0.5) is 5.82 Å². The summed E-state index contributed by atoms with van der Waals surface area (Å²) in [5.74, 6) is 4.78. The molecular weight excluding hydrogens is 488 g/mol. The van der Waals surface area contributed by atoms with Crippen molar-refractivity contribution in [2.45, 2.75) is 63.6 Å². The first kappa shape index (κ1) is 24.9. The summed E-state index contributed by atoms with van der Waals surface area (Å²) in [5, 5.41) is 3.58. The van der Waals surface area contributed by atoms with Crippen LogP contribution in [0.15, 0.2) is 40.7 Å². The van der Waals surface area contributed by atoms with E-state index in [-0.39, 0.29) is 17.4 Å². The molecule has 0 bridgehead atoms. The van der Waals surface area contributed by atoms with Crippen LogP contribution in [0.3, 0.4) is 0 Å². The molecule has 1 fully saturated rings. The summed E-state index contributed by atoms with van der Waals surface area (Å²) in [6.45, 7) is 6.28. The predicted octanol–water partition coefficient (Wildman–Crippen LogP) is 3.51. The van der Waals surface area contributed by atoms with Crippen LogP contribution in [-0.4, -0.2) is 50.8 Å². The molecule has 5 rings (SSSR count). The smallest absolute Gasteiger partial charge is 0.295 e. The Bertz CT molecular complexity index is 1640. The molecule has 10 nitrogen and oxygen atoms in total. The maximum absolute atomic E-state index is 13.6. The van der Waals surface area contributed by atoms with Crippen molar-refractivity contribution in [2.75, 3.05) is 11.6 Å². The number of aryl methyl sites for hydroxylation is 1. The largest absolute Gasteiger partial charge is 0.361 e. The number of nitrogens with one attached hydrogen (secondary N) is 1. The van der Waals surface area contributed by atoms with Crippen LogP contribution in [0.2, 0.25) is 0 Å². The number of fused-ring (bicyclic) bond motifs is 1. The third-order valence-electron chi connectivity index (χ3n) is 6.62. The molecule has 1 unspecified atom stereocenters. The monoisotopic (exact) mass is 518 g/mol. The molecular formula is C26H30N8O2S. The third kappa shape index (κ3) is 4.95. The van der Waals surface area contributed by atoms with Crippen molar-refractivity contribution in [2.24, 2.45) is 0 Å². The fraction of sp³-hybridized carbons (Fsp3) is 0.385. The van der Waals surface area contributed by atoms with E-state index in [1.165, 1.54) is 0 Å². The summed E-state index contributed by atoms with van der Waals surface area (Å²) in [4.78, 5) is 40.8. The highest BCUT2D eigenvalue weighted by Crippen LogP contribution is 2.43. The summed E-state index contributed by atoms with van der Waals surface area (Å²) in [5.41, 5.74) is 4.19. The normalized spacial score (nSPS) is 15.9. The second kappa shape index (κ2) is 9.62. The van der Waals surface area contributed by atoms with Gasteiger partial charge in [-0.1, -0.05) is 13.0 Å². The van der Waals surface area contributed by atoms with Crippen molar-refractivity contribution in [3.05, 3.63) is 58.2 Å². The van der Waals surface area contributed by atoms with Gasteiger partial charge in [0.25, 0.3) is 5.56 Å². The van der Waals surface area contributed by atoms with Gasteiger partial charge in [-0.2, -0.15) is 0 Å². The topological polar surface area (TPSA) is 128 Å². The van der Waals surface area contributed by atoms with Gasteiger partial charge >= 0.3 is 0 Å². The average Bonchev–Trinajstić information content (AvgIpc) is 3.72. The van der Waals surface area contributed by atoms with E-state index in [4.69, 9.17) is 4.98 Å². The van der Waals surface area contributed by atoms with Crippen molar-refractivity contribution < 1.29 is 4.21 Å². The van der Waals surface area contributed by atoms with E-state index in [0.717, 1.165) is 41.8 Å². The van der Waals surface area contributed by atoms with Gasteiger partial charge in [-0.25, -0.2) is 29.9 Å². The van der Waals surface area contributed by atoms with E-state index >= 15 is 0 Å². The summed E-state index contributed by atoms with van der Waals surface area (Å²) in [6, 6.07) is 3.40. The van der Waals surface area contributed by atoms with Crippen molar-refractivity contribution in [1.29, 1.82) is 0 Å². The fourth-order valence-electron chi connectivity index (χ4n) is 4.22. The molecule has 0 amide bonds. The van der Waals surface area contributed by atoms with Crippen molar-refractivity contribution >= 4 is 32.4 Å². The van der Waals surface area contributed by atoms with Gasteiger partial charge in [0.05, 0.1) is 23.1 Å². The first-order valence-corrected chi connectivity index (χ1v) is 14.4. The Labute approximate surface area is 215 Å². The quantitative estimate of drug-likeness (QED) is 0.348. The lowest BCUT2D eigenvalue weighted by atomic mass is 10.1. The first-order valence-electron chi connectivity index (χ1n) is 12.3. The van der Waals surface area contributed by atoms with Crippen LogP contribution in [-0.2, 0) is 16.1 Å². The first-order chi connectivity index (χ1) is 17.7. The van der Waals surface area contributed by atoms with Crippen LogP contribution in [0, 0.1) is 6.92 Å². The molecule has 2 atom stereocenters. The van der Waals surface area contributed by atoms with Gasteiger partial charge in [0, 0.05) is 40.5 Å². The lowest BCUT2D eigenvalue weighted by molar-refractivity contribution is 0.526. The molecule has 192 valence electrons. The second-order valence-corrected chi connectivity index (χ2v) is 12.1. The summed E-state index contributed by atoms with van der Waals surface area (Å²) in [6.07, 6.45) is 9.35. The Morgan fingerprint density at radius 2 is 1.95 bits per heavy atom. The highest BCUT2D eigenvalue weighted by atomic mass is 32.2. The van der Waals surface area contributed by atoms with Gasteiger partial charge in [-0.15, -0.1) is 0 Å². The zero-order valence-electron chi connectivity index (χ0n) is 21.4. The number of hydrogen-bond donors (Lipinski definition) is 1. The van der Waals surface area contributed by atoms with Crippen LogP contribution in [0.25, 0.3) is 22.6 Å². The molecule has 4 aromatic rings. The third-order valence-corrected chi connectivity index (χ3v) is 7.74. The van der Waals surface area contributed by atoms with Crippen LogP contribution < -0.4 is 10.9 Å². The number of aromatic nitrogens is 7. The molecule has 11 heteroatoms. The molecule has 4 aromatic heterocycles. The molecule has 1 N–H and O–H groups in total. The van der Waals surface area contributed by atoms with Crippen LogP contribution in [0.5, 0.6) is 0 Å². The molecule has 0 aromatic carbocycles. The van der Waals surface area contributed by atoms with E-state index in [1.54, 1.807) is 35.6 Å². The van der Waals surface area contributed by atoms with Crippen molar-refractivity contribution in [3.63, 3.8) is 0 Å². The highest BCUT2D eigenvalue weighted by molar-refractivity contribution is 7.99. The lowest BCUT2D eigenvalue weighted by Gasteiger charge is -2.18. The molecule has 1 aliphatic rings. The summed E-state index contributed by atoms with van der Waals surface area (Å²) in [7, 11) is -2.39. The van der Waals surface area contributed by atoms with E-state index in [0.29, 0.717) is 34.5 Å². The molecule has 37 heavy (non-hydrogen) atoms. The van der Waals surface area contributed by atoms with Gasteiger partial charge in [0.2, 0.25) is 0 Å². The van der Waals surface area contributed by atoms with Gasteiger partial charge in [-0.05, 0) is 50.6 Å². The van der Waals surface area contributed by atoms with E-state index in [1.807, 2.05) is 26.8 Å². The minimum Gasteiger partial charge on any atom is -0.361 e. The minimum absolute atomic E-state index is 0.104. The number of nitrogens with zero attached hydrogens (tertiary/aromatic N) is 7. The van der Waals surface area contributed by atoms with E-state index in [9.17, 15) is 9.00 Å². The second-order valence-electron chi connectivity index (χ2n) is 9.65. The number of anilines is 1. The standard InChI is InChI=1S/C26H30N8O2S/c1-6-15(2)34-25-19(13-29-23(33-25)21-16(3)30-14-31-22(21)18-8-9-18)32-24(26(34)35)28-12-17-7-10-20(27-11-17)37(4,5)36/h7,10-11,13-15,18H,4,6,8-9,12H2,1-3,5H3,(H,28,32)/t15-,37?/m0/s1. The molecule has 0 spiro atoms. The maximum atomic E-state index is 13.6. The lowest BCUT2D eigenvalue weighted by Crippen LogP contribution is -2.28. The fourth-order valence-corrected chi connectivity index (χ4v) is 4.85. The molecule has 1 saturated carbocycles. The molecule has 0 saturated heterocycles. The van der Waals surface area contributed by atoms with Crippen molar-refractivity contribution in [1.82, 2.24) is 34.5 Å². The SMILES string of the molecule is C=S(C)(=O)c1ccc(CNc2nc3cnc(-c4c(C)ncnc4C4CC4)nc3n([C@@H](C)CC)c2=O)cn1. The van der Waals surface area contributed by atoms with Crippen molar-refractivity contribution in [3.8, 4) is 11.4 Å². The summed E-state index contributed by atoms with van der Waals surface area (Å²) >= 11 is 0. The molecule has 4 heterocycles. The van der Waals surface area contributed by atoms with E-state index < -0.39 is 9.52 Å². The molecule has 1 aliphatic carbocycles. The molecule has 0 aliphatic heterocycles. The highest BCUT2D eigenvalue weighted by Gasteiger charge is 2.30. The number of pyridine rings is 1. The minimum atomic E-state index is -2.39. The van der Waals surface area contributed by atoms with Gasteiger partial charge in [-0.3, -0.25) is 13.6 Å². The van der Waals surface area contributed by atoms with Gasteiger partial charge in [0.1, 0.15) is 16.9 Å². The number of hydrogen-bond acceptors (Lipinski definition) is 9. The zero-order valence-corrected chi connectivity index (χ0v) is 22.2. The Hall–Kier alpha value is -3.73. The average molecular weight is 519 g/mol. The maximum Gasteiger partial charge on any atom is 0.295 e. The predicted molar refractivity (Wildman–Crippen MR) is 145 cm³/mol. The Kier molecular flexibility index (Phi) is 6.49. The van der Waals surface area contributed by atoms with Crippen LogP contribution in [0.1, 0.15) is 62.0 Å².